The van der Waals surface area contributed by atoms with Crippen molar-refractivity contribution >= 4 is 40.6 Å². The molecule has 4 N–H and O–H groups in total. The summed E-state index contributed by atoms with van der Waals surface area (Å²) in [6, 6.07) is 14.5. The van der Waals surface area contributed by atoms with E-state index in [1.807, 2.05) is 63.1 Å². The third kappa shape index (κ3) is 7.64. The van der Waals surface area contributed by atoms with Crippen LogP contribution >= 0.6 is 0 Å². The molecule has 2 fully saturated rings. The van der Waals surface area contributed by atoms with Crippen LogP contribution in [0.3, 0.4) is 0 Å². The molecule has 5 unspecified atom stereocenters. The number of hydrogen-bond acceptors (Lipinski definition) is 8. The molecule has 4 amide bonds. The van der Waals surface area contributed by atoms with Crippen LogP contribution in [-0.4, -0.2) is 93.1 Å². The summed E-state index contributed by atoms with van der Waals surface area (Å²) in [4.78, 5) is 72.3. The van der Waals surface area contributed by atoms with Crippen molar-refractivity contribution in [2.24, 2.45) is 11.8 Å². The number of likely N-dealkylation sites (tertiary alicyclic amines) is 2. The highest BCUT2D eigenvalue weighted by atomic mass is 16.5. The number of hydrogen-bond donors (Lipinski definition) is 4. The zero-order valence-corrected chi connectivity index (χ0v) is 33.4. The van der Waals surface area contributed by atoms with Crippen molar-refractivity contribution in [2.45, 2.75) is 83.0 Å². The Morgan fingerprint density at radius 3 is 2.05 bits per heavy atom. The maximum Gasteiger partial charge on any atom is 0.407 e. The monoisotopic (exact) mass is 776 g/mol. The lowest BCUT2D eigenvalue weighted by Gasteiger charge is -2.42. The summed E-state index contributed by atoms with van der Waals surface area (Å²) in [5, 5.41) is 5.42. The minimum absolute atomic E-state index is 0.131. The Kier molecular flexibility index (Phi) is 11.2. The minimum atomic E-state index is -0.731. The predicted molar refractivity (Wildman–Crippen MR) is 215 cm³/mol. The van der Waals surface area contributed by atoms with Crippen molar-refractivity contribution in [2.75, 3.05) is 27.3 Å². The fraction of sp³-hybridized carbons (Fsp3) is 0.442. The van der Waals surface area contributed by atoms with Crippen LogP contribution in [0.15, 0.2) is 73.0 Å². The molecule has 4 aromatic rings. The van der Waals surface area contributed by atoms with Crippen LogP contribution in [-0.2, 0) is 24.5 Å². The maximum atomic E-state index is 13.9. The molecule has 2 aromatic heterocycles. The fourth-order valence-electron chi connectivity index (χ4n) is 8.26. The van der Waals surface area contributed by atoms with Gasteiger partial charge in [0, 0.05) is 25.0 Å². The first-order valence-electron chi connectivity index (χ1n) is 19.7. The van der Waals surface area contributed by atoms with E-state index in [0.717, 1.165) is 52.7 Å². The molecule has 300 valence electrons. The largest absolute Gasteiger partial charge is 0.453 e. The number of fused-ring (bicyclic) bond motifs is 1. The van der Waals surface area contributed by atoms with Gasteiger partial charge in [0.1, 0.15) is 23.7 Å². The quantitative estimate of drug-likeness (QED) is 0.137. The number of methoxy groups -OCH3 is 2. The van der Waals surface area contributed by atoms with Crippen LogP contribution in [0, 0.1) is 11.8 Å². The van der Waals surface area contributed by atoms with E-state index < -0.39 is 29.7 Å². The zero-order valence-electron chi connectivity index (χ0n) is 33.4. The van der Waals surface area contributed by atoms with Gasteiger partial charge in [-0.1, -0.05) is 82.3 Å². The van der Waals surface area contributed by atoms with E-state index in [0.29, 0.717) is 31.2 Å². The van der Waals surface area contributed by atoms with E-state index >= 15 is 0 Å². The summed E-state index contributed by atoms with van der Waals surface area (Å²) in [7, 11) is 2.57. The van der Waals surface area contributed by atoms with Crippen LogP contribution in [0.1, 0.15) is 93.9 Å². The average molecular weight is 777 g/mol. The van der Waals surface area contributed by atoms with E-state index in [2.05, 4.69) is 63.1 Å². The summed E-state index contributed by atoms with van der Waals surface area (Å²) in [5.74, 6) is 0.786. The van der Waals surface area contributed by atoms with Crippen LogP contribution in [0.5, 0.6) is 0 Å². The van der Waals surface area contributed by atoms with Crippen molar-refractivity contribution in [3.05, 3.63) is 101 Å². The Balaban J connectivity index is 1.20. The Labute approximate surface area is 332 Å². The molecule has 0 bridgehead atoms. The van der Waals surface area contributed by atoms with E-state index in [1.54, 1.807) is 4.90 Å². The summed E-state index contributed by atoms with van der Waals surface area (Å²) < 4.78 is 9.60. The van der Waals surface area contributed by atoms with Gasteiger partial charge in [-0.2, -0.15) is 0 Å². The van der Waals surface area contributed by atoms with Gasteiger partial charge >= 0.3 is 12.2 Å². The van der Waals surface area contributed by atoms with Gasteiger partial charge in [0.25, 0.3) is 0 Å². The molecule has 14 heteroatoms. The van der Waals surface area contributed by atoms with Crippen molar-refractivity contribution in [1.82, 2.24) is 40.4 Å². The van der Waals surface area contributed by atoms with Crippen molar-refractivity contribution in [1.29, 1.82) is 0 Å². The third-order valence-corrected chi connectivity index (χ3v) is 11.6. The van der Waals surface area contributed by atoms with Gasteiger partial charge in [0.15, 0.2) is 0 Å². The summed E-state index contributed by atoms with van der Waals surface area (Å²) in [6.45, 7) is 8.71. The number of nitrogens with zero attached hydrogens (tertiary/aromatic N) is 4. The second-order valence-corrected chi connectivity index (χ2v) is 15.8. The standard InChI is InChI=1S/C43H52N8O6/c1-25(2)35(48-41(54)56-5)39(52)50-21-10-13-32(50)37-44-24-34(47-37)43(19-16-28(17-20-43)27-11-8-7-9-12-27)29-14-15-30-31(23-29)46-38(45-30)33-18-22-51(33)40(53)36(26(3)4)49-42(55)57-6/h7-9,11-12,14-17,19,23-26,32-33,35-36H,10,13,18,20-22H2,1-6H3,(H,44,47)(H,45,46)(H,48,54)(H,49,55). The lowest BCUT2D eigenvalue weighted by molar-refractivity contribution is -0.142. The molecule has 1 aliphatic carbocycles. The first kappa shape index (κ1) is 39.3. The minimum Gasteiger partial charge on any atom is -0.453 e. The van der Waals surface area contributed by atoms with Gasteiger partial charge in [0.2, 0.25) is 11.8 Å². The highest BCUT2D eigenvalue weighted by Crippen LogP contribution is 2.44. The fourth-order valence-corrected chi connectivity index (χ4v) is 8.26. The number of amides is 4. The summed E-state index contributed by atoms with van der Waals surface area (Å²) in [6.07, 6.45) is 10.2. The molecular weight excluding hydrogens is 725 g/mol. The number of nitrogens with one attached hydrogen (secondary N) is 4. The highest BCUT2D eigenvalue weighted by Gasteiger charge is 2.42. The van der Waals surface area contributed by atoms with Gasteiger partial charge in [-0.25, -0.2) is 19.6 Å². The number of imidazole rings is 2. The third-order valence-electron chi connectivity index (χ3n) is 11.6. The summed E-state index contributed by atoms with van der Waals surface area (Å²) in [5.41, 5.74) is 5.14. The molecule has 4 heterocycles. The second-order valence-electron chi connectivity index (χ2n) is 15.8. The molecule has 14 nitrogen and oxygen atoms in total. The van der Waals surface area contributed by atoms with Crippen molar-refractivity contribution < 1.29 is 28.7 Å². The number of alkyl carbamates (subject to hydrolysis) is 2. The highest BCUT2D eigenvalue weighted by molar-refractivity contribution is 5.88. The zero-order chi connectivity index (χ0) is 40.4. The molecule has 3 aliphatic rings. The number of allylic oxidation sites excluding steroid dienone is 4. The number of benzene rings is 2. The van der Waals surface area contributed by atoms with Gasteiger partial charge in [-0.15, -0.1) is 0 Å². The molecule has 0 saturated carbocycles. The molecule has 2 aromatic carbocycles. The van der Waals surface area contributed by atoms with Gasteiger partial charge in [0.05, 0.1) is 42.8 Å². The first-order valence-corrected chi connectivity index (χ1v) is 19.7. The molecule has 7 rings (SSSR count). The first-order chi connectivity index (χ1) is 27.4. The molecule has 2 aliphatic heterocycles. The van der Waals surface area contributed by atoms with E-state index in [1.165, 1.54) is 14.2 Å². The molecule has 0 radical (unpaired) electrons. The number of ether oxygens (including phenoxy) is 2. The van der Waals surface area contributed by atoms with Crippen molar-refractivity contribution in [3.63, 3.8) is 0 Å². The lowest BCUT2D eigenvalue weighted by Crippen LogP contribution is -2.56. The van der Waals surface area contributed by atoms with E-state index in [-0.39, 0.29) is 35.7 Å². The molecule has 5 atom stereocenters. The topological polar surface area (TPSA) is 175 Å². The smallest absolute Gasteiger partial charge is 0.407 e. The maximum absolute atomic E-state index is 13.9. The molecule has 57 heavy (non-hydrogen) atoms. The van der Waals surface area contributed by atoms with Crippen LogP contribution < -0.4 is 10.6 Å². The average Bonchev–Trinajstić information content (AvgIpc) is 3.98. The molecule has 0 spiro atoms. The van der Waals surface area contributed by atoms with Crippen LogP contribution in [0.4, 0.5) is 9.59 Å². The lowest BCUT2D eigenvalue weighted by atomic mass is 9.71. The van der Waals surface area contributed by atoms with Gasteiger partial charge in [-0.05, 0) is 66.4 Å². The Morgan fingerprint density at radius 1 is 0.825 bits per heavy atom. The second kappa shape index (κ2) is 16.3. The SMILES string of the molecule is COC(=O)NC(C(=O)N1CCCC1c1ncc(C2(c3ccc4nc(C5CCN5C(=O)C(NC(=O)OC)C(C)C)[nH]c4c3)C=CC(c3ccccc3)=CC2)[nH]1)C(C)C. The number of carbonyl (C=O) groups is 4. The van der Waals surface area contributed by atoms with Gasteiger partial charge in [-0.3, -0.25) is 9.59 Å². The Hall–Kier alpha value is -5.92. The van der Waals surface area contributed by atoms with Crippen LogP contribution in [0.25, 0.3) is 16.6 Å². The molecule has 2 saturated heterocycles. The van der Waals surface area contributed by atoms with Gasteiger partial charge < -0.3 is 39.9 Å². The molecular formula is C43H52N8O6. The van der Waals surface area contributed by atoms with E-state index in [4.69, 9.17) is 19.4 Å². The Morgan fingerprint density at radius 2 is 1.47 bits per heavy atom. The van der Waals surface area contributed by atoms with Crippen molar-refractivity contribution in [3.8, 4) is 0 Å². The van der Waals surface area contributed by atoms with Crippen LogP contribution in [0.2, 0.25) is 0 Å². The number of H-pyrrole nitrogens is 2. The van der Waals surface area contributed by atoms with E-state index in [9.17, 15) is 19.2 Å². The predicted octanol–water partition coefficient (Wildman–Crippen LogP) is 6.31. The Bertz CT molecular complexity index is 2190. The summed E-state index contributed by atoms with van der Waals surface area (Å²) >= 11 is 0. The number of rotatable bonds is 11. The number of aromatic nitrogens is 4. The number of aromatic amines is 2. The normalized spacial score (nSPS) is 21.6. The number of carbonyl (C=O) groups excluding carboxylic acids is 4.